The SMILES string of the molecule is O=C(N[C@@H](C(=O)N1CCCN1)c1ccccc1)OCc1ccccc1. The van der Waals surface area contributed by atoms with E-state index in [0.717, 1.165) is 24.1 Å². The van der Waals surface area contributed by atoms with Gasteiger partial charge in [-0.3, -0.25) is 9.80 Å². The van der Waals surface area contributed by atoms with E-state index in [-0.39, 0.29) is 12.5 Å². The number of amides is 2. The highest BCUT2D eigenvalue weighted by Crippen LogP contribution is 2.17. The molecule has 25 heavy (non-hydrogen) atoms. The van der Waals surface area contributed by atoms with Crippen molar-refractivity contribution in [3.63, 3.8) is 0 Å². The van der Waals surface area contributed by atoms with E-state index in [1.807, 2.05) is 60.7 Å². The second-order valence-electron chi connectivity index (χ2n) is 5.80. The lowest BCUT2D eigenvalue weighted by Gasteiger charge is -2.24. The van der Waals surface area contributed by atoms with Gasteiger partial charge >= 0.3 is 6.09 Å². The molecule has 0 saturated carbocycles. The summed E-state index contributed by atoms with van der Waals surface area (Å²) in [5.41, 5.74) is 4.64. The van der Waals surface area contributed by atoms with Crippen molar-refractivity contribution in [2.45, 2.75) is 19.1 Å². The number of hydrogen-bond acceptors (Lipinski definition) is 4. The molecule has 0 bridgehead atoms. The number of rotatable bonds is 5. The minimum atomic E-state index is -0.782. The van der Waals surface area contributed by atoms with Gasteiger partial charge in [0.05, 0.1) is 0 Å². The Morgan fingerprint density at radius 3 is 2.40 bits per heavy atom. The molecule has 0 spiro atoms. The highest BCUT2D eigenvalue weighted by atomic mass is 16.5. The fourth-order valence-corrected chi connectivity index (χ4v) is 2.69. The van der Waals surface area contributed by atoms with E-state index < -0.39 is 12.1 Å². The standard InChI is InChI=1S/C19H21N3O3/c23-18(22-13-7-12-20-22)17(16-10-5-2-6-11-16)21-19(24)25-14-15-8-3-1-4-9-15/h1-6,8-11,17,20H,7,12-14H2,(H,21,24)/t17-/m1/s1. The van der Waals surface area contributed by atoms with Gasteiger partial charge in [0, 0.05) is 13.1 Å². The monoisotopic (exact) mass is 339 g/mol. The molecule has 6 heteroatoms. The summed E-state index contributed by atoms with van der Waals surface area (Å²) in [4.78, 5) is 24.9. The number of hydrogen-bond donors (Lipinski definition) is 2. The Labute approximate surface area is 146 Å². The number of alkyl carbamates (subject to hydrolysis) is 1. The largest absolute Gasteiger partial charge is 0.445 e. The van der Waals surface area contributed by atoms with Crippen molar-refractivity contribution in [2.24, 2.45) is 0 Å². The average Bonchev–Trinajstić information content (AvgIpc) is 3.20. The van der Waals surface area contributed by atoms with Crippen molar-refractivity contribution >= 4 is 12.0 Å². The first-order chi connectivity index (χ1) is 12.2. The molecule has 1 aliphatic heterocycles. The van der Waals surface area contributed by atoms with Gasteiger partial charge in [0.25, 0.3) is 5.91 Å². The van der Waals surface area contributed by atoms with Gasteiger partial charge in [0.15, 0.2) is 0 Å². The zero-order chi connectivity index (χ0) is 17.5. The van der Waals surface area contributed by atoms with Crippen LogP contribution in [0.15, 0.2) is 60.7 Å². The van der Waals surface area contributed by atoms with Crippen LogP contribution in [0.5, 0.6) is 0 Å². The van der Waals surface area contributed by atoms with Crippen LogP contribution in [0.1, 0.15) is 23.6 Å². The molecule has 0 unspecified atom stereocenters. The molecule has 2 N–H and O–H groups in total. The van der Waals surface area contributed by atoms with Crippen molar-refractivity contribution in [1.29, 1.82) is 0 Å². The molecule has 2 amide bonds. The van der Waals surface area contributed by atoms with Crippen LogP contribution < -0.4 is 10.7 Å². The normalized spacial score (nSPS) is 14.8. The summed E-state index contributed by atoms with van der Waals surface area (Å²) in [6.07, 6.45) is 0.274. The predicted molar refractivity (Wildman–Crippen MR) is 93.3 cm³/mol. The number of nitrogens with one attached hydrogen (secondary N) is 2. The first kappa shape index (κ1) is 17.0. The molecule has 6 nitrogen and oxygen atoms in total. The zero-order valence-corrected chi connectivity index (χ0v) is 13.9. The van der Waals surface area contributed by atoms with E-state index in [2.05, 4.69) is 10.7 Å². The van der Waals surface area contributed by atoms with Crippen LogP contribution in [-0.2, 0) is 16.1 Å². The lowest BCUT2D eigenvalue weighted by molar-refractivity contribution is -0.135. The first-order valence-corrected chi connectivity index (χ1v) is 8.31. The first-order valence-electron chi connectivity index (χ1n) is 8.31. The number of ether oxygens (including phenoxy) is 1. The molecule has 1 fully saturated rings. The van der Waals surface area contributed by atoms with E-state index in [1.165, 1.54) is 0 Å². The third kappa shape index (κ3) is 4.58. The zero-order valence-electron chi connectivity index (χ0n) is 13.9. The molecule has 0 radical (unpaired) electrons. The van der Waals surface area contributed by atoms with Crippen LogP contribution in [0, 0.1) is 0 Å². The summed E-state index contributed by atoms with van der Waals surface area (Å²) < 4.78 is 5.25. The van der Waals surface area contributed by atoms with Crippen LogP contribution in [0.2, 0.25) is 0 Å². The van der Waals surface area contributed by atoms with Gasteiger partial charge in [-0.15, -0.1) is 0 Å². The maximum Gasteiger partial charge on any atom is 0.408 e. The van der Waals surface area contributed by atoms with Crippen molar-refractivity contribution < 1.29 is 14.3 Å². The van der Waals surface area contributed by atoms with Crippen LogP contribution in [0.3, 0.4) is 0 Å². The number of hydrazine groups is 1. The highest BCUT2D eigenvalue weighted by Gasteiger charge is 2.29. The Kier molecular flexibility index (Phi) is 5.64. The smallest absolute Gasteiger partial charge is 0.408 e. The molecule has 3 rings (SSSR count). The number of carbonyl (C=O) groups excluding carboxylic acids is 2. The molecular formula is C19H21N3O3. The Bertz CT molecular complexity index is 700. The number of benzene rings is 2. The summed E-state index contributed by atoms with van der Waals surface area (Å²) in [7, 11) is 0. The Morgan fingerprint density at radius 1 is 1.08 bits per heavy atom. The second kappa shape index (κ2) is 8.30. The molecule has 1 aliphatic rings. The van der Waals surface area contributed by atoms with Crippen LogP contribution in [-0.4, -0.2) is 30.1 Å². The van der Waals surface area contributed by atoms with Gasteiger partial charge in [-0.25, -0.2) is 10.2 Å². The molecule has 1 heterocycles. The van der Waals surface area contributed by atoms with Gasteiger partial charge in [-0.1, -0.05) is 60.7 Å². The van der Waals surface area contributed by atoms with Crippen LogP contribution in [0.25, 0.3) is 0 Å². The van der Waals surface area contributed by atoms with Gasteiger partial charge in [0.1, 0.15) is 12.6 Å². The maximum absolute atomic E-state index is 12.7. The number of carbonyl (C=O) groups is 2. The van der Waals surface area contributed by atoms with E-state index in [9.17, 15) is 9.59 Å². The third-order valence-corrected chi connectivity index (χ3v) is 3.98. The van der Waals surface area contributed by atoms with Crippen molar-refractivity contribution in [3.05, 3.63) is 71.8 Å². The summed E-state index contributed by atoms with van der Waals surface area (Å²) in [5, 5.41) is 4.24. The van der Waals surface area contributed by atoms with Crippen molar-refractivity contribution in [3.8, 4) is 0 Å². The summed E-state index contributed by atoms with van der Waals surface area (Å²) in [6.45, 7) is 1.54. The van der Waals surface area contributed by atoms with Crippen molar-refractivity contribution in [1.82, 2.24) is 15.8 Å². The fraction of sp³-hybridized carbons (Fsp3) is 0.263. The van der Waals surface area contributed by atoms with Crippen molar-refractivity contribution in [2.75, 3.05) is 13.1 Å². The predicted octanol–water partition coefficient (Wildman–Crippen LogP) is 2.39. The summed E-state index contributed by atoms with van der Waals surface area (Å²) in [5.74, 6) is -0.194. The minimum Gasteiger partial charge on any atom is -0.445 e. The Balaban J connectivity index is 1.66. The van der Waals surface area contributed by atoms with Crippen LogP contribution in [0.4, 0.5) is 4.79 Å². The van der Waals surface area contributed by atoms with E-state index in [4.69, 9.17) is 4.74 Å². The lowest BCUT2D eigenvalue weighted by Crippen LogP contribution is -2.46. The topological polar surface area (TPSA) is 70.7 Å². The van der Waals surface area contributed by atoms with E-state index >= 15 is 0 Å². The van der Waals surface area contributed by atoms with Gasteiger partial charge in [0.2, 0.25) is 0 Å². The minimum absolute atomic E-state index is 0.157. The second-order valence-corrected chi connectivity index (χ2v) is 5.80. The quantitative estimate of drug-likeness (QED) is 0.877. The summed E-state index contributed by atoms with van der Waals surface area (Å²) >= 11 is 0. The molecule has 1 saturated heterocycles. The molecule has 0 aromatic heterocycles. The molecule has 1 atom stereocenters. The van der Waals surface area contributed by atoms with Gasteiger partial charge < -0.3 is 10.1 Å². The van der Waals surface area contributed by atoms with E-state index in [0.29, 0.717) is 6.54 Å². The Hall–Kier alpha value is -2.86. The van der Waals surface area contributed by atoms with E-state index in [1.54, 1.807) is 5.01 Å². The molecule has 0 aliphatic carbocycles. The third-order valence-electron chi connectivity index (χ3n) is 3.98. The molecular weight excluding hydrogens is 318 g/mol. The van der Waals surface area contributed by atoms with Gasteiger partial charge in [-0.2, -0.15) is 0 Å². The summed E-state index contributed by atoms with van der Waals surface area (Å²) in [6, 6.07) is 17.8. The lowest BCUT2D eigenvalue weighted by atomic mass is 10.1. The molecule has 2 aromatic rings. The maximum atomic E-state index is 12.7. The van der Waals surface area contributed by atoms with Crippen LogP contribution >= 0.6 is 0 Å². The molecule has 2 aromatic carbocycles. The van der Waals surface area contributed by atoms with Gasteiger partial charge in [-0.05, 0) is 17.5 Å². The Morgan fingerprint density at radius 2 is 1.76 bits per heavy atom. The fourth-order valence-electron chi connectivity index (χ4n) is 2.69. The highest BCUT2D eigenvalue weighted by molar-refractivity contribution is 5.86. The average molecular weight is 339 g/mol. The number of nitrogens with zero attached hydrogens (tertiary/aromatic N) is 1. The molecule has 130 valence electrons.